The van der Waals surface area contributed by atoms with Crippen molar-refractivity contribution in [3.63, 3.8) is 0 Å². The zero-order chi connectivity index (χ0) is 20.6. The lowest BCUT2D eigenvalue weighted by Crippen LogP contribution is -2.03. The van der Waals surface area contributed by atoms with E-state index >= 15 is 0 Å². The summed E-state index contributed by atoms with van der Waals surface area (Å²) >= 11 is 0. The van der Waals surface area contributed by atoms with E-state index in [1.54, 1.807) is 50.8 Å². The largest absolute Gasteiger partial charge is 0.496 e. The van der Waals surface area contributed by atoms with Crippen LogP contribution in [0.25, 0.3) is 11.5 Å². The highest BCUT2D eigenvalue weighted by Crippen LogP contribution is 2.32. The van der Waals surface area contributed by atoms with Crippen molar-refractivity contribution in [2.75, 3.05) is 20.8 Å². The maximum absolute atomic E-state index is 12.5. The zero-order valence-corrected chi connectivity index (χ0v) is 16.5. The molecule has 0 radical (unpaired) electrons. The predicted octanol–water partition coefficient (Wildman–Crippen LogP) is 4.74. The van der Waals surface area contributed by atoms with Crippen LogP contribution in [0.15, 0.2) is 65.8 Å². The summed E-state index contributed by atoms with van der Waals surface area (Å²) in [6, 6.07) is 12.6. The van der Waals surface area contributed by atoms with Gasteiger partial charge in [0.15, 0.2) is 17.3 Å². The summed E-state index contributed by atoms with van der Waals surface area (Å²) in [6.07, 6.45) is 4.01. The van der Waals surface area contributed by atoms with Crippen molar-refractivity contribution in [3.05, 3.63) is 72.6 Å². The molecular formula is C23H23NO5. The van der Waals surface area contributed by atoms with Gasteiger partial charge in [-0.3, -0.25) is 4.79 Å². The number of benzene rings is 2. The van der Waals surface area contributed by atoms with E-state index in [0.29, 0.717) is 53.8 Å². The molecule has 6 heteroatoms. The van der Waals surface area contributed by atoms with Crippen LogP contribution < -0.4 is 14.2 Å². The lowest BCUT2D eigenvalue weighted by molar-refractivity contribution is 0.0979. The van der Waals surface area contributed by atoms with Crippen LogP contribution >= 0.6 is 0 Å². The molecule has 0 N–H and O–H groups in total. The van der Waals surface area contributed by atoms with Gasteiger partial charge in [0, 0.05) is 18.4 Å². The Morgan fingerprint density at radius 2 is 1.90 bits per heavy atom. The smallest absolute Gasteiger partial charge is 0.226 e. The average molecular weight is 393 g/mol. The number of nitrogens with zero attached hydrogens (tertiary/aromatic N) is 1. The first-order valence-corrected chi connectivity index (χ1v) is 9.19. The number of hydrogen-bond donors (Lipinski definition) is 0. The highest BCUT2D eigenvalue weighted by atomic mass is 16.5. The summed E-state index contributed by atoms with van der Waals surface area (Å²) in [5.74, 6) is 2.22. The van der Waals surface area contributed by atoms with Crippen LogP contribution in [-0.2, 0) is 6.42 Å². The number of para-hydroxylation sites is 1. The first kappa shape index (κ1) is 20.2. The molecule has 0 saturated carbocycles. The number of ketones is 1. The van der Waals surface area contributed by atoms with Crippen LogP contribution in [-0.4, -0.2) is 31.6 Å². The summed E-state index contributed by atoms with van der Waals surface area (Å²) in [7, 11) is 3.13. The molecule has 0 aliphatic rings. The summed E-state index contributed by atoms with van der Waals surface area (Å²) in [6.45, 7) is 4.01. The van der Waals surface area contributed by atoms with Crippen molar-refractivity contribution in [1.29, 1.82) is 0 Å². The van der Waals surface area contributed by atoms with Crippen molar-refractivity contribution < 1.29 is 23.4 Å². The normalized spacial score (nSPS) is 10.4. The molecule has 3 rings (SSSR count). The first-order chi connectivity index (χ1) is 14.2. The molecule has 6 nitrogen and oxygen atoms in total. The van der Waals surface area contributed by atoms with Crippen LogP contribution in [0.2, 0.25) is 0 Å². The molecular weight excluding hydrogens is 370 g/mol. The number of methoxy groups -OCH3 is 2. The number of carbonyl (C=O) groups excluding carboxylic acids is 1. The summed E-state index contributed by atoms with van der Waals surface area (Å²) in [4.78, 5) is 17.0. The number of aryl methyl sites for hydroxylation is 1. The van der Waals surface area contributed by atoms with E-state index in [1.807, 2.05) is 18.2 Å². The lowest BCUT2D eigenvalue weighted by atomic mass is 10.0. The molecule has 0 aliphatic heterocycles. The minimum atomic E-state index is -0.00319. The highest BCUT2D eigenvalue weighted by Gasteiger charge is 2.15. The Balaban J connectivity index is 1.71. The fourth-order valence-corrected chi connectivity index (χ4v) is 2.88. The molecule has 3 aromatic rings. The molecule has 0 unspecified atom stereocenters. The number of oxazole rings is 1. The minimum absolute atomic E-state index is 0.00319. The monoisotopic (exact) mass is 393 g/mol. The van der Waals surface area contributed by atoms with E-state index in [1.165, 1.54) is 0 Å². The standard InChI is InChI=1S/C23H23NO5/c1-4-13-28-22-14-16(9-12-21(22)27-3)23-24-17(15-29-23)10-11-19(25)18-7-5-6-8-20(18)26-2/h4-9,12,14-15H,1,10-11,13H2,2-3H3. The van der Waals surface area contributed by atoms with Crippen LogP contribution in [0, 0.1) is 0 Å². The Hall–Kier alpha value is -3.54. The van der Waals surface area contributed by atoms with E-state index in [2.05, 4.69) is 11.6 Å². The van der Waals surface area contributed by atoms with Crippen LogP contribution in [0.4, 0.5) is 0 Å². The summed E-state index contributed by atoms with van der Waals surface area (Å²) < 4.78 is 21.8. The van der Waals surface area contributed by atoms with Gasteiger partial charge in [-0.25, -0.2) is 4.98 Å². The van der Waals surface area contributed by atoms with Crippen LogP contribution in [0.3, 0.4) is 0 Å². The summed E-state index contributed by atoms with van der Waals surface area (Å²) in [5, 5.41) is 0. The average Bonchev–Trinajstić information content (AvgIpc) is 3.24. The van der Waals surface area contributed by atoms with Crippen LogP contribution in [0.5, 0.6) is 17.2 Å². The zero-order valence-electron chi connectivity index (χ0n) is 16.5. The third-order valence-electron chi connectivity index (χ3n) is 4.33. The van der Waals surface area contributed by atoms with Gasteiger partial charge in [-0.05, 0) is 30.3 Å². The Morgan fingerprint density at radius 1 is 1.10 bits per heavy atom. The van der Waals surface area contributed by atoms with Gasteiger partial charge in [0.1, 0.15) is 18.6 Å². The minimum Gasteiger partial charge on any atom is -0.496 e. The molecule has 0 bridgehead atoms. The Bertz CT molecular complexity index is 992. The van der Waals surface area contributed by atoms with Gasteiger partial charge < -0.3 is 18.6 Å². The Labute approximate surface area is 169 Å². The van der Waals surface area contributed by atoms with E-state index in [-0.39, 0.29) is 5.78 Å². The molecule has 2 aromatic carbocycles. The molecule has 0 amide bonds. The van der Waals surface area contributed by atoms with Crippen molar-refractivity contribution in [1.82, 2.24) is 4.98 Å². The number of hydrogen-bond acceptors (Lipinski definition) is 6. The number of Topliss-reactive ketones (excluding diaryl/α,β-unsaturated/α-hetero) is 1. The van der Waals surface area contributed by atoms with E-state index in [9.17, 15) is 4.79 Å². The van der Waals surface area contributed by atoms with Gasteiger partial charge in [-0.1, -0.05) is 24.8 Å². The molecule has 29 heavy (non-hydrogen) atoms. The Morgan fingerprint density at radius 3 is 2.66 bits per heavy atom. The number of carbonyl (C=O) groups is 1. The van der Waals surface area contributed by atoms with Gasteiger partial charge in [0.2, 0.25) is 5.89 Å². The quantitative estimate of drug-likeness (QED) is 0.366. The molecule has 0 saturated heterocycles. The number of ether oxygens (including phenoxy) is 3. The molecule has 150 valence electrons. The number of aromatic nitrogens is 1. The van der Waals surface area contributed by atoms with Crippen molar-refractivity contribution in [2.24, 2.45) is 0 Å². The lowest BCUT2D eigenvalue weighted by Gasteiger charge is -2.09. The molecule has 0 spiro atoms. The SMILES string of the molecule is C=CCOc1cc(-c2nc(CCC(=O)c3ccccc3OC)co2)ccc1OC. The first-order valence-electron chi connectivity index (χ1n) is 9.19. The molecule has 1 aromatic heterocycles. The maximum Gasteiger partial charge on any atom is 0.226 e. The van der Waals surface area contributed by atoms with Gasteiger partial charge in [-0.2, -0.15) is 0 Å². The van der Waals surface area contributed by atoms with Gasteiger partial charge in [0.05, 0.1) is 25.5 Å². The maximum atomic E-state index is 12.5. The van der Waals surface area contributed by atoms with Gasteiger partial charge in [0.25, 0.3) is 0 Å². The van der Waals surface area contributed by atoms with Gasteiger partial charge in [-0.15, -0.1) is 0 Å². The topological polar surface area (TPSA) is 70.8 Å². The van der Waals surface area contributed by atoms with Crippen LogP contribution in [0.1, 0.15) is 22.5 Å². The molecule has 0 aliphatic carbocycles. The third-order valence-corrected chi connectivity index (χ3v) is 4.33. The third kappa shape index (κ3) is 4.85. The second-order valence-electron chi connectivity index (χ2n) is 6.23. The molecule has 0 fully saturated rings. The van der Waals surface area contributed by atoms with E-state index in [4.69, 9.17) is 18.6 Å². The van der Waals surface area contributed by atoms with E-state index < -0.39 is 0 Å². The molecule has 0 atom stereocenters. The second kappa shape index (κ2) is 9.59. The predicted molar refractivity (Wildman–Crippen MR) is 110 cm³/mol. The van der Waals surface area contributed by atoms with E-state index in [0.717, 1.165) is 5.56 Å². The number of rotatable bonds is 10. The second-order valence-corrected chi connectivity index (χ2v) is 6.23. The Kier molecular flexibility index (Phi) is 6.68. The highest BCUT2D eigenvalue weighted by molar-refractivity contribution is 5.98. The summed E-state index contributed by atoms with van der Waals surface area (Å²) in [5.41, 5.74) is 2.03. The van der Waals surface area contributed by atoms with Crippen molar-refractivity contribution in [3.8, 4) is 28.7 Å². The fraction of sp³-hybridized carbons (Fsp3) is 0.217. The van der Waals surface area contributed by atoms with Gasteiger partial charge >= 0.3 is 0 Å². The van der Waals surface area contributed by atoms with Crippen molar-refractivity contribution in [2.45, 2.75) is 12.8 Å². The van der Waals surface area contributed by atoms with Crippen molar-refractivity contribution >= 4 is 5.78 Å². The molecule has 1 heterocycles. The fourth-order valence-electron chi connectivity index (χ4n) is 2.88.